The molecule has 0 saturated carbocycles. The summed E-state index contributed by atoms with van der Waals surface area (Å²) in [5.41, 5.74) is -0.390. The molecule has 0 fully saturated rings. The zero-order chi connectivity index (χ0) is 22.3. The van der Waals surface area contributed by atoms with Gasteiger partial charge in [0.25, 0.3) is 0 Å². The van der Waals surface area contributed by atoms with E-state index in [2.05, 4.69) is 15.5 Å². The Morgan fingerprint density at radius 3 is 2.60 bits per heavy atom. The molecule has 1 amide bonds. The van der Waals surface area contributed by atoms with E-state index in [1.54, 1.807) is 45.0 Å². The molecule has 2 N–H and O–H groups in total. The second kappa shape index (κ2) is 9.88. The lowest BCUT2D eigenvalue weighted by molar-refractivity contribution is -0.129. The molecule has 1 aromatic heterocycles. The first-order valence-corrected chi connectivity index (χ1v) is 9.54. The van der Waals surface area contributed by atoms with Crippen molar-refractivity contribution in [3.63, 3.8) is 0 Å². The lowest BCUT2D eigenvalue weighted by atomic mass is 10.1. The molecule has 0 spiro atoms. The number of ether oxygens (including phenoxy) is 1. The van der Waals surface area contributed by atoms with E-state index in [4.69, 9.17) is 14.2 Å². The number of anilines is 1. The monoisotopic (exact) mass is 433 g/mol. The van der Waals surface area contributed by atoms with Crippen LogP contribution in [0.1, 0.15) is 42.4 Å². The van der Waals surface area contributed by atoms with Crippen LogP contribution in [0.5, 0.6) is 0 Å². The first-order chi connectivity index (χ1) is 14.1. The zero-order valence-corrected chi connectivity index (χ0v) is 17.6. The second-order valence-corrected chi connectivity index (χ2v) is 7.69. The van der Waals surface area contributed by atoms with E-state index in [9.17, 15) is 19.5 Å². The number of amides is 1. The molecule has 0 aliphatic carbocycles. The normalized spacial score (nSPS) is 11.5. The summed E-state index contributed by atoms with van der Waals surface area (Å²) in [6.07, 6.45) is -0.715. The number of benzene rings is 1. The Morgan fingerprint density at radius 2 is 1.97 bits per heavy atom. The number of carboxylic acids is 1. The number of thiazole rings is 1. The summed E-state index contributed by atoms with van der Waals surface area (Å²) in [5, 5.41) is 17.0. The lowest BCUT2D eigenvalue weighted by Crippen LogP contribution is -2.27. The molecule has 1 aromatic carbocycles. The van der Waals surface area contributed by atoms with Crippen molar-refractivity contribution in [3.05, 3.63) is 46.5 Å². The van der Waals surface area contributed by atoms with Crippen molar-refractivity contribution in [2.45, 2.75) is 33.0 Å². The number of carbonyl (C=O) groups excluding carboxylic acids is 2. The van der Waals surface area contributed by atoms with Crippen LogP contribution in [0.2, 0.25) is 0 Å². The van der Waals surface area contributed by atoms with Gasteiger partial charge in [0.15, 0.2) is 5.13 Å². The standard InChI is InChI=1S/C18H20BN3O7S/c1-18(2,3)28-17(26)21-16-20-12(9-30-16)13(14(23)24)22-27-8-10-6-4-5-7-11(10)15(25)29-19/h4-7,9H,8,19H2,1-3H3,(H,23,24)(H,20,21,26)/b22-13-. The fraction of sp³-hybridized carbons (Fsp3) is 0.278. The van der Waals surface area contributed by atoms with Gasteiger partial charge in [-0.2, -0.15) is 0 Å². The number of oxime groups is 1. The predicted molar refractivity (Wildman–Crippen MR) is 111 cm³/mol. The number of rotatable bonds is 7. The molecule has 0 atom stereocenters. The van der Waals surface area contributed by atoms with Gasteiger partial charge in [0.05, 0.1) is 5.56 Å². The number of carbonyl (C=O) groups is 3. The average molecular weight is 433 g/mol. The topological polar surface area (TPSA) is 136 Å². The molecule has 158 valence electrons. The molecular formula is C18H20BN3O7S. The maximum Gasteiger partial charge on any atom is 0.413 e. The van der Waals surface area contributed by atoms with Gasteiger partial charge in [-0.05, 0) is 26.8 Å². The van der Waals surface area contributed by atoms with E-state index in [0.29, 0.717) is 5.56 Å². The molecule has 12 heteroatoms. The van der Waals surface area contributed by atoms with E-state index < -0.39 is 29.3 Å². The fourth-order valence-electron chi connectivity index (χ4n) is 2.15. The molecule has 0 radical (unpaired) electrons. The Balaban J connectivity index is 2.11. The molecule has 0 bridgehead atoms. The van der Waals surface area contributed by atoms with Crippen molar-refractivity contribution >= 4 is 48.3 Å². The van der Waals surface area contributed by atoms with Crippen LogP contribution in [0, 0.1) is 0 Å². The SMILES string of the molecule is BOC(=O)c1ccccc1CO/N=C(\C(=O)O)c1csc(NC(=O)OC(C)(C)C)n1. The Kier molecular flexibility index (Phi) is 7.53. The van der Waals surface area contributed by atoms with Crippen molar-refractivity contribution in [1.29, 1.82) is 0 Å². The van der Waals surface area contributed by atoms with Gasteiger partial charge >= 0.3 is 26.1 Å². The van der Waals surface area contributed by atoms with E-state index in [1.165, 1.54) is 13.4 Å². The number of hydrogen-bond acceptors (Lipinski definition) is 9. The first kappa shape index (κ1) is 22.9. The number of aromatic nitrogens is 1. The summed E-state index contributed by atoms with van der Waals surface area (Å²) in [6, 6.07) is 6.55. The van der Waals surface area contributed by atoms with Gasteiger partial charge in [-0.1, -0.05) is 23.4 Å². The van der Waals surface area contributed by atoms with Gasteiger partial charge < -0.3 is 19.3 Å². The molecule has 10 nitrogen and oxygen atoms in total. The van der Waals surface area contributed by atoms with Gasteiger partial charge in [-0.3, -0.25) is 5.32 Å². The molecule has 2 rings (SSSR count). The average Bonchev–Trinajstić information content (AvgIpc) is 3.10. The van der Waals surface area contributed by atoms with Crippen LogP contribution in [0.15, 0.2) is 34.8 Å². The third kappa shape index (κ3) is 6.59. The minimum atomic E-state index is -1.37. The van der Waals surface area contributed by atoms with Gasteiger partial charge in [-0.25, -0.2) is 19.4 Å². The summed E-state index contributed by atoms with van der Waals surface area (Å²) in [4.78, 5) is 44.3. The molecular weight excluding hydrogens is 413 g/mol. The highest BCUT2D eigenvalue weighted by Gasteiger charge is 2.21. The van der Waals surface area contributed by atoms with E-state index in [-0.39, 0.29) is 23.0 Å². The van der Waals surface area contributed by atoms with Gasteiger partial charge in [0.2, 0.25) is 5.71 Å². The van der Waals surface area contributed by atoms with Gasteiger partial charge in [0.1, 0.15) is 17.9 Å². The van der Waals surface area contributed by atoms with Crippen molar-refractivity contribution in [2.24, 2.45) is 5.16 Å². The number of nitrogens with zero attached hydrogens (tertiary/aromatic N) is 2. The van der Waals surface area contributed by atoms with Crippen LogP contribution < -0.4 is 5.32 Å². The van der Waals surface area contributed by atoms with Crippen LogP contribution in [-0.4, -0.2) is 47.5 Å². The lowest BCUT2D eigenvalue weighted by Gasteiger charge is -2.18. The minimum Gasteiger partial charge on any atom is -0.540 e. The summed E-state index contributed by atoms with van der Waals surface area (Å²) in [6.45, 7) is 4.98. The van der Waals surface area contributed by atoms with E-state index in [1.807, 2.05) is 0 Å². The van der Waals surface area contributed by atoms with Crippen molar-refractivity contribution in [2.75, 3.05) is 5.32 Å². The Labute approximate surface area is 177 Å². The predicted octanol–water partition coefficient (Wildman–Crippen LogP) is 2.20. The van der Waals surface area contributed by atoms with Crippen LogP contribution in [-0.2, 0) is 25.6 Å². The van der Waals surface area contributed by atoms with Crippen LogP contribution in [0.3, 0.4) is 0 Å². The number of hydrogen-bond donors (Lipinski definition) is 2. The first-order valence-electron chi connectivity index (χ1n) is 8.66. The number of carboxylic acid groups (broad SMARTS) is 1. The maximum atomic E-state index is 11.8. The molecule has 2 aromatic rings. The maximum absolute atomic E-state index is 11.8. The molecule has 0 aliphatic rings. The van der Waals surface area contributed by atoms with Crippen molar-refractivity contribution in [3.8, 4) is 0 Å². The second-order valence-electron chi connectivity index (χ2n) is 6.83. The summed E-state index contributed by atoms with van der Waals surface area (Å²) in [7, 11) is 1.26. The highest BCUT2D eigenvalue weighted by atomic mass is 32.1. The third-order valence-corrected chi connectivity index (χ3v) is 4.11. The molecule has 1 heterocycles. The summed E-state index contributed by atoms with van der Waals surface area (Å²) < 4.78 is 9.82. The van der Waals surface area contributed by atoms with E-state index in [0.717, 1.165) is 11.3 Å². The van der Waals surface area contributed by atoms with Crippen LogP contribution >= 0.6 is 11.3 Å². The Morgan fingerprint density at radius 1 is 1.27 bits per heavy atom. The highest BCUT2D eigenvalue weighted by Crippen LogP contribution is 2.18. The smallest absolute Gasteiger partial charge is 0.413 e. The van der Waals surface area contributed by atoms with Crippen LogP contribution in [0.25, 0.3) is 0 Å². The largest absolute Gasteiger partial charge is 0.540 e. The van der Waals surface area contributed by atoms with Crippen molar-refractivity contribution in [1.82, 2.24) is 4.98 Å². The minimum absolute atomic E-state index is 0.000174. The Hall–Kier alpha value is -3.41. The van der Waals surface area contributed by atoms with Crippen molar-refractivity contribution < 1.29 is 33.7 Å². The molecule has 0 aliphatic heterocycles. The molecule has 0 unspecified atom stereocenters. The zero-order valence-electron chi connectivity index (χ0n) is 16.8. The number of aliphatic carboxylic acids is 1. The summed E-state index contributed by atoms with van der Waals surface area (Å²) >= 11 is 1.00. The van der Waals surface area contributed by atoms with Gasteiger partial charge in [0, 0.05) is 10.9 Å². The molecule has 30 heavy (non-hydrogen) atoms. The number of nitrogens with one attached hydrogen (secondary N) is 1. The van der Waals surface area contributed by atoms with Gasteiger partial charge in [-0.15, -0.1) is 11.3 Å². The quantitative estimate of drug-likeness (QED) is 0.385. The summed E-state index contributed by atoms with van der Waals surface area (Å²) in [5.74, 6) is -1.92. The Bertz CT molecular complexity index is 969. The fourth-order valence-corrected chi connectivity index (χ4v) is 2.83. The highest BCUT2D eigenvalue weighted by molar-refractivity contribution is 7.14. The third-order valence-electron chi connectivity index (χ3n) is 3.36. The van der Waals surface area contributed by atoms with Crippen LogP contribution in [0.4, 0.5) is 9.93 Å². The molecule has 0 saturated heterocycles. The van der Waals surface area contributed by atoms with E-state index >= 15 is 0 Å².